The highest BCUT2D eigenvalue weighted by molar-refractivity contribution is 7.09. The summed E-state index contributed by atoms with van der Waals surface area (Å²) in [6.45, 7) is 0.770. The molecule has 0 aromatic carbocycles. The average Bonchev–Trinajstić information content (AvgIpc) is 3.24. The molecule has 0 fully saturated rings. The number of thiophene rings is 2. The van der Waals surface area contributed by atoms with Gasteiger partial charge in [-0.2, -0.15) is 15.9 Å². The highest BCUT2D eigenvalue weighted by atomic mass is 32.1. The van der Waals surface area contributed by atoms with Gasteiger partial charge in [-0.05, 0) is 35.0 Å². The molecule has 0 aliphatic heterocycles. The molecule has 21 heavy (non-hydrogen) atoms. The molecule has 5 nitrogen and oxygen atoms in total. The van der Waals surface area contributed by atoms with E-state index >= 15 is 0 Å². The summed E-state index contributed by atoms with van der Waals surface area (Å²) in [7, 11) is 0. The number of rotatable bonds is 4. The molecule has 0 saturated heterocycles. The van der Waals surface area contributed by atoms with E-state index in [0.29, 0.717) is 0 Å². The summed E-state index contributed by atoms with van der Waals surface area (Å²) in [4.78, 5) is 1.28. The van der Waals surface area contributed by atoms with E-state index in [2.05, 4.69) is 32.1 Å². The maximum Gasteiger partial charge on any atom is 0.186 e. The fourth-order valence-corrected chi connectivity index (χ4v) is 3.32. The summed E-state index contributed by atoms with van der Waals surface area (Å²) in [5.74, 6) is 1.58. The van der Waals surface area contributed by atoms with Gasteiger partial charge in [0.1, 0.15) is 5.82 Å². The first-order valence-corrected chi connectivity index (χ1v) is 8.24. The Morgan fingerprint density at radius 3 is 2.90 bits per heavy atom. The van der Waals surface area contributed by atoms with Crippen molar-refractivity contribution in [1.82, 2.24) is 19.8 Å². The molecule has 4 aromatic rings. The van der Waals surface area contributed by atoms with Gasteiger partial charge in [-0.25, -0.2) is 0 Å². The fraction of sp³-hybridized carbons (Fsp3) is 0.0714. The van der Waals surface area contributed by atoms with Crippen molar-refractivity contribution in [2.45, 2.75) is 6.54 Å². The van der Waals surface area contributed by atoms with E-state index < -0.39 is 0 Å². The molecule has 0 unspecified atom stereocenters. The summed E-state index contributed by atoms with van der Waals surface area (Å²) in [6.07, 6.45) is 0. The minimum Gasteiger partial charge on any atom is -0.364 e. The molecule has 0 aliphatic carbocycles. The van der Waals surface area contributed by atoms with Crippen LogP contribution in [0, 0.1) is 0 Å². The molecule has 0 amide bonds. The molecule has 1 N–H and O–H groups in total. The molecule has 0 radical (unpaired) electrons. The van der Waals surface area contributed by atoms with Gasteiger partial charge in [0.2, 0.25) is 0 Å². The fourth-order valence-electron chi connectivity index (χ4n) is 2.05. The van der Waals surface area contributed by atoms with Gasteiger partial charge >= 0.3 is 0 Å². The van der Waals surface area contributed by atoms with Crippen molar-refractivity contribution < 1.29 is 0 Å². The SMILES string of the molecule is c1csc(CNc2ccc3nnc(-c4ccsc4)n3n2)c1. The lowest BCUT2D eigenvalue weighted by molar-refractivity contribution is 0.928. The van der Waals surface area contributed by atoms with Crippen molar-refractivity contribution in [1.29, 1.82) is 0 Å². The molecule has 0 spiro atoms. The summed E-state index contributed by atoms with van der Waals surface area (Å²) < 4.78 is 1.78. The largest absolute Gasteiger partial charge is 0.364 e. The van der Waals surface area contributed by atoms with Crippen LogP contribution in [0.15, 0.2) is 46.5 Å². The van der Waals surface area contributed by atoms with E-state index in [1.807, 2.05) is 35.0 Å². The summed E-state index contributed by atoms with van der Waals surface area (Å²) >= 11 is 3.36. The molecular formula is C14H11N5S2. The van der Waals surface area contributed by atoms with E-state index in [1.54, 1.807) is 27.2 Å². The highest BCUT2D eigenvalue weighted by Crippen LogP contribution is 2.21. The van der Waals surface area contributed by atoms with Crippen LogP contribution in [0.5, 0.6) is 0 Å². The molecule has 4 aromatic heterocycles. The van der Waals surface area contributed by atoms with E-state index in [9.17, 15) is 0 Å². The van der Waals surface area contributed by atoms with Gasteiger partial charge in [-0.1, -0.05) is 6.07 Å². The van der Waals surface area contributed by atoms with Gasteiger partial charge in [0.05, 0.1) is 6.54 Å². The minimum atomic E-state index is 0.748. The number of nitrogens with one attached hydrogen (secondary N) is 1. The highest BCUT2D eigenvalue weighted by Gasteiger charge is 2.10. The monoisotopic (exact) mass is 313 g/mol. The average molecular weight is 313 g/mol. The van der Waals surface area contributed by atoms with E-state index in [1.165, 1.54) is 4.88 Å². The van der Waals surface area contributed by atoms with Crippen LogP contribution in [0.2, 0.25) is 0 Å². The number of fused-ring (bicyclic) bond motifs is 1. The molecule has 0 aliphatic rings. The normalized spacial score (nSPS) is 11.0. The maximum atomic E-state index is 4.58. The predicted octanol–water partition coefficient (Wildman–Crippen LogP) is 3.53. The molecule has 7 heteroatoms. The predicted molar refractivity (Wildman–Crippen MR) is 85.7 cm³/mol. The first-order chi connectivity index (χ1) is 10.4. The molecule has 0 saturated carbocycles. The van der Waals surface area contributed by atoms with Crippen molar-refractivity contribution in [3.63, 3.8) is 0 Å². The van der Waals surface area contributed by atoms with Gasteiger partial charge in [0.25, 0.3) is 0 Å². The Morgan fingerprint density at radius 2 is 2.10 bits per heavy atom. The second-order valence-electron chi connectivity index (χ2n) is 4.46. The van der Waals surface area contributed by atoms with Crippen LogP contribution in [-0.4, -0.2) is 19.8 Å². The van der Waals surface area contributed by atoms with E-state index in [-0.39, 0.29) is 0 Å². The molecule has 0 atom stereocenters. The van der Waals surface area contributed by atoms with Gasteiger partial charge in [0, 0.05) is 15.8 Å². The summed E-state index contributed by atoms with van der Waals surface area (Å²) in [5.41, 5.74) is 1.79. The summed E-state index contributed by atoms with van der Waals surface area (Å²) in [6, 6.07) is 10.0. The Balaban J connectivity index is 1.67. The maximum absolute atomic E-state index is 4.58. The Morgan fingerprint density at radius 1 is 1.10 bits per heavy atom. The number of nitrogens with zero attached hydrogens (tertiary/aromatic N) is 4. The van der Waals surface area contributed by atoms with Crippen LogP contribution in [-0.2, 0) is 6.54 Å². The standard InChI is InChI=1S/C14H11N5S2/c1-2-11(21-6-1)8-15-12-3-4-13-16-17-14(19(13)18-12)10-5-7-20-9-10/h1-7,9H,8H2,(H,15,18). The van der Waals surface area contributed by atoms with Crippen LogP contribution in [0.25, 0.3) is 17.0 Å². The third-order valence-electron chi connectivity index (χ3n) is 3.07. The van der Waals surface area contributed by atoms with Crippen LogP contribution >= 0.6 is 22.7 Å². The lowest BCUT2D eigenvalue weighted by atomic mass is 10.3. The van der Waals surface area contributed by atoms with Crippen LogP contribution in [0.3, 0.4) is 0 Å². The zero-order valence-corrected chi connectivity index (χ0v) is 12.6. The molecular weight excluding hydrogens is 302 g/mol. The number of aromatic nitrogens is 4. The Hall–Kier alpha value is -2.25. The van der Waals surface area contributed by atoms with E-state index in [4.69, 9.17) is 0 Å². The lowest BCUT2D eigenvalue weighted by Crippen LogP contribution is -2.03. The Kier molecular flexibility index (Phi) is 3.13. The number of hydrogen-bond donors (Lipinski definition) is 1. The van der Waals surface area contributed by atoms with Crippen molar-refractivity contribution >= 4 is 34.1 Å². The molecule has 4 heterocycles. The van der Waals surface area contributed by atoms with Crippen LogP contribution < -0.4 is 5.32 Å². The first kappa shape index (κ1) is 12.5. The third kappa shape index (κ3) is 2.41. The molecule has 0 bridgehead atoms. The Bertz CT molecular complexity index is 849. The van der Waals surface area contributed by atoms with Crippen molar-refractivity contribution in [3.05, 3.63) is 51.3 Å². The number of hydrogen-bond acceptors (Lipinski definition) is 6. The smallest absolute Gasteiger partial charge is 0.186 e. The zero-order valence-electron chi connectivity index (χ0n) is 10.9. The van der Waals surface area contributed by atoms with Crippen molar-refractivity contribution in [2.24, 2.45) is 0 Å². The van der Waals surface area contributed by atoms with Gasteiger partial charge in [0.15, 0.2) is 11.5 Å². The van der Waals surface area contributed by atoms with E-state index in [0.717, 1.165) is 29.4 Å². The summed E-state index contributed by atoms with van der Waals surface area (Å²) in [5, 5.41) is 22.4. The second kappa shape index (κ2) is 5.27. The van der Waals surface area contributed by atoms with Crippen LogP contribution in [0.4, 0.5) is 5.82 Å². The van der Waals surface area contributed by atoms with Gasteiger partial charge < -0.3 is 5.32 Å². The van der Waals surface area contributed by atoms with Crippen LogP contribution in [0.1, 0.15) is 4.88 Å². The zero-order chi connectivity index (χ0) is 14.1. The first-order valence-electron chi connectivity index (χ1n) is 6.41. The van der Waals surface area contributed by atoms with Crippen molar-refractivity contribution in [2.75, 3.05) is 5.32 Å². The molecule has 4 rings (SSSR count). The minimum absolute atomic E-state index is 0.748. The third-order valence-corrected chi connectivity index (χ3v) is 4.63. The van der Waals surface area contributed by atoms with Gasteiger partial charge in [-0.3, -0.25) is 0 Å². The topological polar surface area (TPSA) is 55.1 Å². The molecule has 104 valence electrons. The lowest BCUT2D eigenvalue weighted by Gasteiger charge is -2.04. The second-order valence-corrected chi connectivity index (χ2v) is 6.27. The van der Waals surface area contributed by atoms with Gasteiger partial charge in [-0.15, -0.1) is 26.6 Å². The number of anilines is 1. The quantitative estimate of drug-likeness (QED) is 0.626. The van der Waals surface area contributed by atoms with Crippen molar-refractivity contribution in [3.8, 4) is 11.4 Å². The Labute approximate surface area is 128 Å².